The summed E-state index contributed by atoms with van der Waals surface area (Å²) >= 11 is 0. The minimum atomic E-state index is -0.226. The smallest absolute Gasteiger partial charge is 0.220 e. The largest absolute Gasteiger partial charge is 0.367 e. The molecule has 2 aromatic rings. The van der Waals surface area contributed by atoms with Gasteiger partial charge >= 0.3 is 0 Å². The second-order valence-corrected chi connectivity index (χ2v) is 7.01. The van der Waals surface area contributed by atoms with Crippen LogP contribution < -0.4 is 10.2 Å². The van der Waals surface area contributed by atoms with Crippen molar-refractivity contribution in [2.24, 2.45) is 13.0 Å². The van der Waals surface area contributed by atoms with E-state index in [0.29, 0.717) is 12.8 Å². The number of carbonyl (C=O) groups is 1. The molecule has 1 fully saturated rings. The van der Waals surface area contributed by atoms with Gasteiger partial charge in [-0.1, -0.05) is 19.1 Å². The Morgan fingerprint density at radius 1 is 1.48 bits per heavy atom. The zero-order valence-corrected chi connectivity index (χ0v) is 14.8. The van der Waals surface area contributed by atoms with Crippen LogP contribution in [0.5, 0.6) is 0 Å². The van der Waals surface area contributed by atoms with Gasteiger partial charge in [0.1, 0.15) is 5.82 Å². The standard InChI is InChI=1S/C19H25FN4O/c1-14(8-15-4-3-5-16(20)10-15)9-19(25)22-17-6-7-24(12-17)18-11-21-23(2)13-18/h3-5,10-11,13-14,17H,6-9,12H2,1-2H3,(H,22,25)/t14-,17+/m0/s1. The van der Waals surface area contributed by atoms with Crippen LogP contribution in [-0.2, 0) is 18.3 Å². The molecular formula is C19H25FN4O. The van der Waals surface area contributed by atoms with Crippen LogP contribution in [0.3, 0.4) is 0 Å². The van der Waals surface area contributed by atoms with E-state index in [0.717, 1.165) is 30.8 Å². The Kier molecular flexibility index (Phi) is 5.36. The average molecular weight is 344 g/mol. The number of rotatable bonds is 6. The van der Waals surface area contributed by atoms with E-state index in [1.807, 2.05) is 32.4 Å². The second-order valence-electron chi connectivity index (χ2n) is 7.01. The summed E-state index contributed by atoms with van der Waals surface area (Å²) in [7, 11) is 1.90. The zero-order chi connectivity index (χ0) is 17.8. The molecule has 1 aromatic heterocycles. The molecule has 134 valence electrons. The molecule has 1 aliphatic rings. The van der Waals surface area contributed by atoms with Crippen LogP contribution in [0.2, 0.25) is 0 Å². The van der Waals surface area contributed by atoms with Crippen LogP contribution >= 0.6 is 0 Å². The van der Waals surface area contributed by atoms with E-state index in [2.05, 4.69) is 15.3 Å². The topological polar surface area (TPSA) is 50.2 Å². The predicted molar refractivity (Wildman–Crippen MR) is 95.9 cm³/mol. The molecule has 1 aromatic carbocycles. The molecule has 5 nitrogen and oxygen atoms in total. The van der Waals surface area contributed by atoms with Crippen molar-refractivity contribution in [3.05, 3.63) is 48.0 Å². The fourth-order valence-corrected chi connectivity index (χ4v) is 3.43. The Labute approximate surface area is 147 Å². The molecule has 0 aliphatic carbocycles. The number of amides is 1. The molecule has 0 spiro atoms. The predicted octanol–water partition coefficient (Wildman–Crippen LogP) is 2.52. The van der Waals surface area contributed by atoms with Gasteiger partial charge in [0.05, 0.1) is 11.9 Å². The van der Waals surface area contributed by atoms with Crippen LogP contribution in [0, 0.1) is 11.7 Å². The summed E-state index contributed by atoms with van der Waals surface area (Å²) in [5.41, 5.74) is 2.03. The number of carbonyl (C=O) groups excluding carboxylic acids is 1. The molecule has 6 heteroatoms. The minimum absolute atomic E-state index is 0.0712. The summed E-state index contributed by atoms with van der Waals surface area (Å²) in [4.78, 5) is 14.5. The molecule has 0 bridgehead atoms. The molecular weight excluding hydrogens is 319 g/mol. The molecule has 0 unspecified atom stereocenters. The normalized spacial score (nSPS) is 18.4. The molecule has 3 rings (SSSR count). The monoisotopic (exact) mass is 344 g/mol. The summed E-state index contributed by atoms with van der Waals surface area (Å²) in [5, 5.41) is 7.33. The number of hydrogen-bond acceptors (Lipinski definition) is 3. The van der Waals surface area contributed by atoms with Crippen LogP contribution in [0.1, 0.15) is 25.3 Å². The Hall–Kier alpha value is -2.37. The number of hydrogen-bond donors (Lipinski definition) is 1. The third-order valence-corrected chi connectivity index (χ3v) is 4.62. The maximum atomic E-state index is 13.2. The summed E-state index contributed by atoms with van der Waals surface area (Å²) in [6.45, 7) is 3.77. The van der Waals surface area contributed by atoms with Crippen molar-refractivity contribution in [3.63, 3.8) is 0 Å². The van der Waals surface area contributed by atoms with Crippen molar-refractivity contribution < 1.29 is 9.18 Å². The van der Waals surface area contributed by atoms with Crippen molar-refractivity contribution >= 4 is 11.6 Å². The molecule has 0 saturated carbocycles. The van der Waals surface area contributed by atoms with Crippen molar-refractivity contribution in [3.8, 4) is 0 Å². The summed E-state index contributed by atoms with van der Waals surface area (Å²) in [6.07, 6.45) is 5.95. The van der Waals surface area contributed by atoms with Gasteiger partial charge in [0.15, 0.2) is 0 Å². The van der Waals surface area contributed by atoms with Crippen LogP contribution in [-0.4, -0.2) is 34.8 Å². The van der Waals surface area contributed by atoms with Gasteiger partial charge < -0.3 is 10.2 Å². The first-order valence-electron chi connectivity index (χ1n) is 8.77. The average Bonchev–Trinajstić information content (AvgIpc) is 3.16. The van der Waals surface area contributed by atoms with E-state index in [1.165, 1.54) is 12.1 Å². The van der Waals surface area contributed by atoms with E-state index in [9.17, 15) is 9.18 Å². The maximum Gasteiger partial charge on any atom is 0.220 e. The number of halogens is 1. The minimum Gasteiger partial charge on any atom is -0.367 e. The van der Waals surface area contributed by atoms with Gasteiger partial charge in [-0.15, -0.1) is 0 Å². The first kappa shape index (κ1) is 17.5. The molecule has 2 atom stereocenters. The number of aryl methyl sites for hydroxylation is 1. The SMILES string of the molecule is C[C@H](CC(=O)N[C@@H]1CCN(c2cnn(C)c2)C1)Cc1cccc(F)c1. The summed E-state index contributed by atoms with van der Waals surface area (Å²) < 4.78 is 15.0. The molecule has 1 aliphatic heterocycles. The second kappa shape index (κ2) is 7.68. The lowest BCUT2D eigenvalue weighted by molar-refractivity contribution is -0.122. The van der Waals surface area contributed by atoms with Gasteiger partial charge in [0, 0.05) is 38.8 Å². The van der Waals surface area contributed by atoms with Gasteiger partial charge in [-0.2, -0.15) is 5.10 Å². The first-order valence-corrected chi connectivity index (χ1v) is 8.77. The molecule has 1 amide bonds. The lowest BCUT2D eigenvalue weighted by Gasteiger charge is -2.18. The third kappa shape index (κ3) is 4.81. The van der Waals surface area contributed by atoms with E-state index < -0.39 is 0 Å². The number of nitrogens with one attached hydrogen (secondary N) is 1. The fourth-order valence-electron chi connectivity index (χ4n) is 3.43. The number of nitrogens with zero attached hydrogens (tertiary/aromatic N) is 3. The highest BCUT2D eigenvalue weighted by Crippen LogP contribution is 2.20. The summed E-state index contributed by atoms with van der Waals surface area (Å²) in [5.74, 6) is 0.0233. The van der Waals surface area contributed by atoms with Crippen LogP contribution in [0.15, 0.2) is 36.7 Å². The van der Waals surface area contributed by atoms with Crippen molar-refractivity contribution in [2.45, 2.75) is 32.2 Å². The molecule has 1 N–H and O–H groups in total. The lowest BCUT2D eigenvalue weighted by atomic mass is 9.97. The van der Waals surface area contributed by atoms with Crippen molar-refractivity contribution in [1.29, 1.82) is 0 Å². The Bertz CT molecular complexity index is 730. The summed E-state index contributed by atoms with van der Waals surface area (Å²) in [6, 6.07) is 6.77. The number of benzene rings is 1. The van der Waals surface area contributed by atoms with Crippen molar-refractivity contribution in [1.82, 2.24) is 15.1 Å². The van der Waals surface area contributed by atoms with Gasteiger partial charge in [0.2, 0.25) is 5.91 Å². The number of aromatic nitrogens is 2. The maximum absolute atomic E-state index is 13.2. The quantitative estimate of drug-likeness (QED) is 0.876. The van der Waals surface area contributed by atoms with E-state index in [4.69, 9.17) is 0 Å². The third-order valence-electron chi connectivity index (χ3n) is 4.62. The van der Waals surface area contributed by atoms with Gasteiger partial charge in [-0.3, -0.25) is 9.48 Å². The van der Waals surface area contributed by atoms with Gasteiger partial charge in [0.25, 0.3) is 0 Å². The van der Waals surface area contributed by atoms with Crippen LogP contribution in [0.25, 0.3) is 0 Å². The molecule has 2 heterocycles. The number of anilines is 1. The van der Waals surface area contributed by atoms with E-state index in [1.54, 1.807) is 10.7 Å². The van der Waals surface area contributed by atoms with Crippen molar-refractivity contribution in [2.75, 3.05) is 18.0 Å². The Morgan fingerprint density at radius 2 is 2.32 bits per heavy atom. The Balaban J connectivity index is 1.45. The lowest BCUT2D eigenvalue weighted by Crippen LogP contribution is -2.37. The van der Waals surface area contributed by atoms with Gasteiger partial charge in [-0.05, 0) is 36.5 Å². The highest BCUT2D eigenvalue weighted by Gasteiger charge is 2.25. The molecule has 1 saturated heterocycles. The highest BCUT2D eigenvalue weighted by atomic mass is 19.1. The van der Waals surface area contributed by atoms with Gasteiger partial charge in [-0.25, -0.2) is 4.39 Å². The zero-order valence-electron chi connectivity index (χ0n) is 14.8. The van der Waals surface area contributed by atoms with Crippen LogP contribution in [0.4, 0.5) is 10.1 Å². The Morgan fingerprint density at radius 3 is 3.04 bits per heavy atom. The molecule has 25 heavy (non-hydrogen) atoms. The van der Waals surface area contributed by atoms with E-state index in [-0.39, 0.29) is 23.7 Å². The molecule has 0 radical (unpaired) electrons. The fraction of sp³-hybridized carbons (Fsp3) is 0.474. The van der Waals surface area contributed by atoms with E-state index >= 15 is 0 Å². The first-order chi connectivity index (χ1) is 12.0. The highest BCUT2D eigenvalue weighted by molar-refractivity contribution is 5.76.